The molecule has 10 atom stereocenters. The van der Waals surface area contributed by atoms with E-state index in [9.17, 15) is 4.79 Å². The fourth-order valence-electron chi connectivity index (χ4n) is 10.4. The molecule has 3 nitrogen and oxygen atoms in total. The van der Waals surface area contributed by atoms with Crippen LogP contribution in [0.5, 0.6) is 0 Å². The first kappa shape index (κ1) is 25.3. The first-order valence-electron chi connectivity index (χ1n) is 14.2. The number of rotatable bonds is 7. The van der Waals surface area contributed by atoms with Crippen molar-refractivity contribution in [3.05, 3.63) is 10.6 Å². The van der Waals surface area contributed by atoms with E-state index in [4.69, 9.17) is 9.47 Å². The van der Waals surface area contributed by atoms with Gasteiger partial charge in [0.15, 0.2) is 0 Å². The lowest BCUT2D eigenvalue weighted by Gasteiger charge is -2.61. The van der Waals surface area contributed by atoms with Crippen LogP contribution < -0.4 is 0 Å². The third kappa shape index (κ3) is 3.46. The number of methoxy groups -OCH3 is 1. The summed E-state index contributed by atoms with van der Waals surface area (Å²) in [7, 11) is 1.98. The van der Waals surface area contributed by atoms with Crippen LogP contribution in [0.15, 0.2) is 10.6 Å². The molecule has 2 unspecified atom stereocenters. The van der Waals surface area contributed by atoms with Gasteiger partial charge in [-0.1, -0.05) is 49.7 Å². The van der Waals surface area contributed by atoms with Gasteiger partial charge in [-0.15, -0.1) is 0 Å². The van der Waals surface area contributed by atoms with Crippen molar-refractivity contribution in [3.63, 3.8) is 0 Å². The van der Waals surface area contributed by atoms with Gasteiger partial charge in [-0.25, -0.2) is 0 Å². The molecule has 0 aromatic rings. The van der Waals surface area contributed by atoms with E-state index in [2.05, 4.69) is 49.7 Å². The van der Waals surface area contributed by atoms with Crippen LogP contribution in [0.1, 0.15) is 92.4 Å². The number of esters is 1. The molecule has 0 aromatic carbocycles. The van der Waals surface area contributed by atoms with Crippen molar-refractivity contribution in [3.8, 4) is 0 Å². The minimum atomic E-state index is -0.0270. The summed E-state index contributed by atoms with van der Waals surface area (Å²) in [5, 5.41) is 0. The van der Waals surface area contributed by atoms with Crippen LogP contribution in [-0.2, 0) is 14.3 Å². The van der Waals surface area contributed by atoms with Gasteiger partial charge in [0, 0.05) is 12.5 Å². The highest BCUT2D eigenvalue weighted by Gasteiger charge is 2.77. The van der Waals surface area contributed by atoms with E-state index >= 15 is 0 Å². The number of carbonyl (C=O) groups is 1. The number of halogens is 1. The van der Waals surface area contributed by atoms with Gasteiger partial charge in [0.05, 0.1) is 18.6 Å². The summed E-state index contributed by atoms with van der Waals surface area (Å²) in [6.45, 7) is 12.0. The molecule has 0 heterocycles. The van der Waals surface area contributed by atoms with Gasteiger partial charge in [0.25, 0.3) is 0 Å². The van der Waals surface area contributed by atoms with Crippen LogP contribution >= 0.6 is 15.9 Å². The molecule has 0 N–H and O–H groups in total. The summed E-state index contributed by atoms with van der Waals surface area (Å²) in [5.41, 5.74) is 1.18. The maximum atomic E-state index is 13.3. The van der Waals surface area contributed by atoms with E-state index in [-0.39, 0.29) is 17.3 Å². The lowest BCUT2D eigenvalue weighted by Crippen LogP contribution is -2.57. The Balaban J connectivity index is 1.42. The second-order valence-corrected chi connectivity index (χ2v) is 14.2. The summed E-state index contributed by atoms with van der Waals surface area (Å²) in [6.07, 6.45) is 14.1. The maximum absolute atomic E-state index is 13.3. The minimum Gasteiger partial charge on any atom is -0.466 e. The van der Waals surface area contributed by atoms with Crippen LogP contribution in [0.4, 0.5) is 0 Å². The highest BCUT2D eigenvalue weighted by molar-refractivity contribution is 9.11. The quantitative estimate of drug-likeness (QED) is 0.313. The van der Waals surface area contributed by atoms with E-state index in [0.29, 0.717) is 35.4 Å². The van der Waals surface area contributed by atoms with Crippen LogP contribution in [0.25, 0.3) is 0 Å². The van der Waals surface area contributed by atoms with Crippen LogP contribution in [0, 0.1) is 57.7 Å². The molecule has 0 saturated heterocycles. The zero-order chi connectivity index (χ0) is 24.5. The molecule has 0 aromatic heterocycles. The van der Waals surface area contributed by atoms with Crippen molar-refractivity contribution >= 4 is 21.9 Å². The molecular formula is C30H47BrO3. The zero-order valence-electron chi connectivity index (χ0n) is 22.4. The monoisotopic (exact) mass is 534 g/mol. The molecule has 0 aliphatic heterocycles. The number of hydrogen-bond donors (Lipinski definition) is 0. The van der Waals surface area contributed by atoms with Gasteiger partial charge in [-0.3, -0.25) is 4.79 Å². The third-order valence-corrected chi connectivity index (χ3v) is 13.3. The summed E-state index contributed by atoms with van der Waals surface area (Å²) in [4.78, 5) is 13.3. The van der Waals surface area contributed by atoms with E-state index in [1.54, 1.807) is 0 Å². The molecule has 0 amide bonds. The van der Waals surface area contributed by atoms with Crippen molar-refractivity contribution in [1.29, 1.82) is 0 Å². The van der Waals surface area contributed by atoms with Crippen molar-refractivity contribution in [1.82, 2.24) is 0 Å². The van der Waals surface area contributed by atoms with E-state index in [1.165, 1.54) is 55.8 Å². The van der Waals surface area contributed by atoms with E-state index in [0.717, 1.165) is 30.1 Å². The Morgan fingerprint density at radius 1 is 1.12 bits per heavy atom. The van der Waals surface area contributed by atoms with E-state index < -0.39 is 0 Å². The second kappa shape index (κ2) is 8.89. The average molecular weight is 536 g/mol. The molecular weight excluding hydrogens is 488 g/mol. The summed E-state index contributed by atoms with van der Waals surface area (Å²) in [5.74, 6) is 4.11. The second-order valence-electron chi connectivity index (χ2n) is 13.3. The number of fused-ring (bicyclic) bond motifs is 4. The lowest BCUT2D eigenvalue weighted by atomic mass is 9.45. The molecule has 5 aliphatic rings. The molecule has 192 valence electrons. The van der Waals surface area contributed by atoms with Crippen molar-refractivity contribution in [2.75, 3.05) is 13.7 Å². The highest BCUT2D eigenvalue weighted by atomic mass is 79.9. The maximum Gasteiger partial charge on any atom is 0.309 e. The first-order valence-corrected chi connectivity index (χ1v) is 15.0. The molecule has 0 radical (unpaired) electrons. The van der Waals surface area contributed by atoms with Crippen molar-refractivity contribution in [2.45, 2.75) is 98.5 Å². The number of allylic oxidation sites excluding steroid dienone is 2. The molecule has 1 spiro atoms. The Labute approximate surface area is 216 Å². The fourth-order valence-corrected chi connectivity index (χ4v) is 10.6. The van der Waals surface area contributed by atoms with Gasteiger partial charge in [-0.2, -0.15) is 0 Å². The lowest BCUT2D eigenvalue weighted by molar-refractivity contribution is -0.167. The number of carbonyl (C=O) groups excluding carboxylic acids is 1. The van der Waals surface area contributed by atoms with Crippen molar-refractivity contribution in [2.24, 2.45) is 57.7 Å². The predicted octanol–water partition coefficient (Wildman–Crippen LogP) is 7.77. The van der Waals surface area contributed by atoms with E-state index in [1.807, 2.05) is 14.0 Å². The molecule has 4 heteroatoms. The minimum absolute atomic E-state index is 0.0257. The molecule has 34 heavy (non-hydrogen) atoms. The summed E-state index contributed by atoms with van der Waals surface area (Å²) >= 11 is 3.75. The molecule has 5 saturated carbocycles. The highest BCUT2D eigenvalue weighted by Crippen LogP contribution is 2.82. The topological polar surface area (TPSA) is 35.5 Å². The summed E-state index contributed by atoms with van der Waals surface area (Å²) < 4.78 is 13.2. The van der Waals surface area contributed by atoms with Crippen LogP contribution in [-0.4, -0.2) is 25.8 Å². The smallest absolute Gasteiger partial charge is 0.309 e. The molecule has 5 rings (SSSR count). The largest absolute Gasteiger partial charge is 0.466 e. The standard InChI is InChI=1S/C30H47BrO3/c1-7-34-27(32)20(8-11-25(31)18(2)3)22-9-10-23-21-16-26(33-6)30-17-19(30)12-15-29(30,5)24(21)13-14-28(22,23)4/h11,18-24,26H,7-10,12-17H2,1-6H3/b25-11-/t19?,20-,21+,22-,23+,24+,26-,28-,29-,30?/m1/s1. The number of hydrogen-bond acceptors (Lipinski definition) is 3. The predicted molar refractivity (Wildman–Crippen MR) is 140 cm³/mol. The Bertz CT molecular complexity index is 837. The molecule has 5 aliphatic carbocycles. The average Bonchev–Trinajstić information content (AvgIpc) is 3.32. The Hall–Kier alpha value is -0.350. The van der Waals surface area contributed by atoms with Gasteiger partial charge < -0.3 is 9.47 Å². The zero-order valence-corrected chi connectivity index (χ0v) is 24.0. The fraction of sp³-hybridized carbons (Fsp3) is 0.900. The van der Waals surface area contributed by atoms with Gasteiger partial charge in [-0.05, 0) is 116 Å². The first-order chi connectivity index (χ1) is 16.1. The third-order valence-electron chi connectivity index (χ3n) is 12.1. The Morgan fingerprint density at radius 2 is 1.88 bits per heavy atom. The van der Waals surface area contributed by atoms with Gasteiger partial charge >= 0.3 is 5.97 Å². The van der Waals surface area contributed by atoms with Gasteiger partial charge in [0.2, 0.25) is 0 Å². The Morgan fingerprint density at radius 3 is 2.53 bits per heavy atom. The normalized spacial score (nSPS) is 48.1. The van der Waals surface area contributed by atoms with Crippen LogP contribution in [0.2, 0.25) is 0 Å². The van der Waals surface area contributed by atoms with Gasteiger partial charge in [0.1, 0.15) is 0 Å². The SMILES string of the molecule is CCOC(=O)[C@H](C/C=C(\Br)C(C)C)[C@H]1CC[C@H]2[C@@H]3C[C@@H](OC)C45CC4CC[C@]5(C)[C@H]3CC[C@]12C. The van der Waals surface area contributed by atoms with Crippen molar-refractivity contribution < 1.29 is 14.3 Å². The number of ether oxygens (including phenoxy) is 2. The Kier molecular flexibility index (Phi) is 6.62. The van der Waals surface area contributed by atoms with Crippen LogP contribution in [0.3, 0.4) is 0 Å². The summed E-state index contributed by atoms with van der Waals surface area (Å²) in [6, 6.07) is 0. The molecule has 5 fully saturated rings. The molecule has 0 bridgehead atoms.